The van der Waals surface area contributed by atoms with Crippen molar-refractivity contribution in [3.05, 3.63) is 71.8 Å². The van der Waals surface area contributed by atoms with Crippen molar-refractivity contribution in [3.63, 3.8) is 0 Å². The molecule has 2 saturated heterocycles. The highest BCUT2D eigenvalue weighted by Gasteiger charge is 2.34. The summed E-state index contributed by atoms with van der Waals surface area (Å²) in [5.74, 6) is 0. The second kappa shape index (κ2) is 9.39. The van der Waals surface area contributed by atoms with Gasteiger partial charge in [0.2, 0.25) is 0 Å². The lowest BCUT2D eigenvalue weighted by molar-refractivity contribution is 0.151. The fourth-order valence-electron chi connectivity index (χ4n) is 4.51. The van der Waals surface area contributed by atoms with Gasteiger partial charge in [-0.05, 0) is 24.0 Å². The minimum atomic E-state index is -3.35. The number of hydrogen-bond donors (Lipinski definition) is 0. The zero-order valence-electron chi connectivity index (χ0n) is 17.0. The van der Waals surface area contributed by atoms with Crippen LogP contribution in [0, 0.1) is 0 Å². The fraction of sp³-hybridized carbons (Fsp3) is 0.478. The van der Waals surface area contributed by atoms with Crippen LogP contribution in [0.4, 0.5) is 0 Å². The third-order valence-electron chi connectivity index (χ3n) is 6.09. The van der Waals surface area contributed by atoms with Gasteiger partial charge >= 0.3 is 0 Å². The quantitative estimate of drug-likeness (QED) is 0.753. The molecule has 2 aromatic rings. The number of benzene rings is 2. The normalized spacial score (nSPS) is 20.6. The first-order valence-corrected chi connectivity index (χ1v) is 12.1. The predicted octanol–water partition coefficient (Wildman–Crippen LogP) is 3.51. The summed E-state index contributed by atoms with van der Waals surface area (Å²) in [4.78, 5) is 2.42. The summed E-state index contributed by atoms with van der Waals surface area (Å²) in [6.45, 7) is 3.91. The molecular weight excluding hydrogens is 382 g/mol. The maximum atomic E-state index is 13.1. The van der Waals surface area contributed by atoms with E-state index in [1.807, 2.05) is 12.1 Å². The van der Waals surface area contributed by atoms with Crippen molar-refractivity contribution in [2.45, 2.75) is 31.7 Å². The summed E-state index contributed by atoms with van der Waals surface area (Å²) in [5.41, 5.74) is 2.50. The molecule has 2 aliphatic heterocycles. The Morgan fingerprint density at radius 3 is 1.52 bits per heavy atom. The van der Waals surface area contributed by atoms with E-state index >= 15 is 0 Å². The van der Waals surface area contributed by atoms with E-state index < -0.39 is 10.2 Å². The maximum Gasteiger partial charge on any atom is 0.282 e. The molecular formula is C23H31N3O2S. The second-order valence-corrected chi connectivity index (χ2v) is 9.91. The van der Waals surface area contributed by atoms with Gasteiger partial charge in [0.05, 0.1) is 6.04 Å². The van der Waals surface area contributed by atoms with Gasteiger partial charge in [0.25, 0.3) is 10.2 Å². The standard InChI is InChI=1S/C23H31N3O2S/c27-29(28,25-15-9-1-2-10-16-25)26-19-17-24(18-20-26)23(21-11-5-3-6-12-21)22-13-7-4-8-14-22/h3-8,11-14,23H,1-2,9-10,15-20H2. The molecule has 156 valence electrons. The van der Waals surface area contributed by atoms with Crippen molar-refractivity contribution in [1.82, 2.24) is 13.5 Å². The van der Waals surface area contributed by atoms with Crippen molar-refractivity contribution in [1.29, 1.82) is 0 Å². The Morgan fingerprint density at radius 2 is 1.03 bits per heavy atom. The molecule has 0 amide bonds. The molecule has 0 saturated carbocycles. The van der Waals surface area contributed by atoms with Gasteiger partial charge in [0, 0.05) is 39.3 Å². The van der Waals surface area contributed by atoms with Gasteiger partial charge in [0.1, 0.15) is 0 Å². The molecule has 4 rings (SSSR count). The smallest absolute Gasteiger partial charge is 0.282 e. The summed E-state index contributed by atoms with van der Waals surface area (Å²) < 4.78 is 29.7. The van der Waals surface area contributed by atoms with Gasteiger partial charge in [-0.15, -0.1) is 0 Å². The second-order valence-electron chi connectivity index (χ2n) is 7.98. The Morgan fingerprint density at radius 1 is 0.586 bits per heavy atom. The first-order valence-electron chi connectivity index (χ1n) is 10.8. The summed E-state index contributed by atoms with van der Waals surface area (Å²) in [6.07, 6.45) is 4.22. The molecule has 29 heavy (non-hydrogen) atoms. The largest absolute Gasteiger partial charge is 0.290 e. The van der Waals surface area contributed by atoms with Gasteiger partial charge in [-0.1, -0.05) is 73.5 Å². The van der Waals surface area contributed by atoms with Gasteiger partial charge in [-0.3, -0.25) is 4.90 Å². The fourth-order valence-corrected chi connectivity index (χ4v) is 6.18. The Kier molecular flexibility index (Phi) is 6.65. The average molecular weight is 414 g/mol. The van der Waals surface area contributed by atoms with Crippen LogP contribution < -0.4 is 0 Å². The third-order valence-corrected chi connectivity index (χ3v) is 8.12. The minimum Gasteiger partial charge on any atom is -0.290 e. The van der Waals surface area contributed by atoms with Crippen LogP contribution in [0.15, 0.2) is 60.7 Å². The number of hydrogen-bond acceptors (Lipinski definition) is 3. The van der Waals surface area contributed by atoms with E-state index in [1.165, 1.54) is 11.1 Å². The van der Waals surface area contributed by atoms with E-state index in [0.29, 0.717) is 26.2 Å². The zero-order chi connectivity index (χ0) is 20.1. The molecule has 0 unspecified atom stereocenters. The summed E-state index contributed by atoms with van der Waals surface area (Å²) in [6, 6.07) is 21.2. The van der Waals surface area contributed by atoms with Crippen LogP contribution in [-0.2, 0) is 10.2 Å². The van der Waals surface area contributed by atoms with Crippen molar-refractivity contribution >= 4 is 10.2 Å². The average Bonchev–Trinajstić information content (AvgIpc) is 3.06. The first-order chi connectivity index (χ1) is 14.2. The maximum absolute atomic E-state index is 13.1. The van der Waals surface area contributed by atoms with E-state index in [2.05, 4.69) is 53.4 Å². The Bertz CT molecular complexity index is 818. The van der Waals surface area contributed by atoms with Gasteiger partial charge < -0.3 is 0 Å². The van der Waals surface area contributed by atoms with Crippen LogP contribution in [0.5, 0.6) is 0 Å². The van der Waals surface area contributed by atoms with Gasteiger partial charge in [0.15, 0.2) is 0 Å². The molecule has 2 heterocycles. The molecule has 0 radical (unpaired) electrons. The first kappa shape index (κ1) is 20.5. The number of rotatable bonds is 5. The van der Waals surface area contributed by atoms with Crippen LogP contribution in [0.2, 0.25) is 0 Å². The predicted molar refractivity (Wildman–Crippen MR) is 117 cm³/mol. The highest BCUT2D eigenvalue weighted by molar-refractivity contribution is 7.86. The van der Waals surface area contributed by atoms with E-state index in [4.69, 9.17) is 0 Å². The van der Waals surface area contributed by atoms with Crippen molar-refractivity contribution in [2.75, 3.05) is 39.3 Å². The Labute approximate surface area is 175 Å². The minimum absolute atomic E-state index is 0.153. The Hall–Kier alpha value is -1.73. The molecule has 2 fully saturated rings. The lowest BCUT2D eigenvalue weighted by Gasteiger charge is -2.40. The van der Waals surface area contributed by atoms with E-state index in [9.17, 15) is 8.42 Å². The van der Waals surface area contributed by atoms with E-state index in [-0.39, 0.29) is 6.04 Å². The van der Waals surface area contributed by atoms with E-state index in [0.717, 1.165) is 38.8 Å². The number of piperazine rings is 1. The van der Waals surface area contributed by atoms with Crippen LogP contribution in [-0.4, -0.2) is 61.2 Å². The summed E-state index contributed by atoms with van der Waals surface area (Å²) in [5, 5.41) is 0. The van der Waals surface area contributed by atoms with Crippen LogP contribution in [0.1, 0.15) is 42.9 Å². The van der Waals surface area contributed by atoms with Crippen molar-refractivity contribution < 1.29 is 8.42 Å². The topological polar surface area (TPSA) is 43.9 Å². The highest BCUT2D eigenvalue weighted by atomic mass is 32.2. The van der Waals surface area contributed by atoms with Gasteiger partial charge in [-0.2, -0.15) is 17.0 Å². The SMILES string of the molecule is O=S(=O)(N1CCCCCC1)N1CCN(C(c2ccccc2)c2ccccc2)CC1. The summed E-state index contributed by atoms with van der Waals surface area (Å²) in [7, 11) is -3.35. The van der Waals surface area contributed by atoms with Crippen LogP contribution >= 0.6 is 0 Å². The van der Waals surface area contributed by atoms with Crippen LogP contribution in [0.3, 0.4) is 0 Å². The molecule has 2 aliphatic rings. The molecule has 0 bridgehead atoms. The lowest BCUT2D eigenvalue weighted by Crippen LogP contribution is -2.53. The van der Waals surface area contributed by atoms with Crippen molar-refractivity contribution in [2.24, 2.45) is 0 Å². The van der Waals surface area contributed by atoms with Crippen molar-refractivity contribution in [3.8, 4) is 0 Å². The Balaban J connectivity index is 1.49. The zero-order valence-corrected chi connectivity index (χ0v) is 17.8. The monoisotopic (exact) mass is 413 g/mol. The molecule has 2 aromatic carbocycles. The van der Waals surface area contributed by atoms with E-state index in [1.54, 1.807) is 8.61 Å². The third kappa shape index (κ3) is 4.72. The molecule has 6 heteroatoms. The molecule has 0 atom stereocenters. The molecule has 0 aliphatic carbocycles. The van der Waals surface area contributed by atoms with Gasteiger partial charge in [-0.25, -0.2) is 0 Å². The molecule has 5 nitrogen and oxygen atoms in total. The molecule has 0 aromatic heterocycles. The number of nitrogens with zero attached hydrogens (tertiary/aromatic N) is 3. The van der Waals surface area contributed by atoms with Crippen LogP contribution in [0.25, 0.3) is 0 Å². The lowest BCUT2D eigenvalue weighted by atomic mass is 9.96. The molecule has 0 spiro atoms. The highest BCUT2D eigenvalue weighted by Crippen LogP contribution is 2.30. The summed E-state index contributed by atoms with van der Waals surface area (Å²) >= 11 is 0. The molecule has 0 N–H and O–H groups in total.